The van der Waals surface area contributed by atoms with Gasteiger partial charge in [-0.3, -0.25) is 0 Å². The quantitative estimate of drug-likeness (QED) is 0.761. The molecule has 3 nitrogen and oxygen atoms in total. The Morgan fingerprint density at radius 2 is 2.06 bits per heavy atom. The minimum atomic E-state index is -1.19. The monoisotopic (exact) mass is 254 g/mol. The highest BCUT2D eigenvalue weighted by Crippen LogP contribution is 2.55. The normalized spacial score (nSPS) is 27.9. The van der Waals surface area contributed by atoms with Crippen LogP contribution in [0.15, 0.2) is 30.3 Å². The average molecular weight is 254 g/mol. The zero-order valence-corrected chi connectivity index (χ0v) is 11.4. The summed E-state index contributed by atoms with van der Waals surface area (Å²) >= 11 is 0. The summed E-state index contributed by atoms with van der Waals surface area (Å²) < 4.78 is 17.0. The van der Waals surface area contributed by atoms with E-state index in [2.05, 4.69) is 26.0 Å². The Kier molecular flexibility index (Phi) is 4.16. The molecule has 1 fully saturated rings. The van der Waals surface area contributed by atoms with Crippen LogP contribution < -0.4 is 0 Å². The highest BCUT2D eigenvalue weighted by Gasteiger charge is 2.40. The topological polar surface area (TPSA) is 27.7 Å². The van der Waals surface area contributed by atoms with E-state index in [1.807, 2.05) is 25.1 Å². The lowest BCUT2D eigenvalue weighted by Crippen LogP contribution is -2.32. The van der Waals surface area contributed by atoms with Crippen LogP contribution in [0.3, 0.4) is 0 Å². The van der Waals surface area contributed by atoms with Gasteiger partial charge in [0.1, 0.15) is 0 Å². The third-order valence-corrected chi connectivity index (χ3v) is 3.97. The Morgan fingerprint density at radius 3 is 2.71 bits per heavy atom. The number of benzene rings is 1. The van der Waals surface area contributed by atoms with Crippen molar-refractivity contribution in [2.45, 2.75) is 26.9 Å². The van der Waals surface area contributed by atoms with Gasteiger partial charge in [0.15, 0.2) is 0 Å². The molecule has 1 aromatic rings. The van der Waals surface area contributed by atoms with Gasteiger partial charge in [-0.2, -0.15) is 0 Å². The summed E-state index contributed by atoms with van der Waals surface area (Å²) in [5.74, 6) is 0. The maximum atomic E-state index is 5.95. The van der Waals surface area contributed by atoms with Crippen molar-refractivity contribution in [2.24, 2.45) is 5.41 Å². The van der Waals surface area contributed by atoms with Crippen molar-refractivity contribution in [3.05, 3.63) is 35.9 Å². The largest absolute Gasteiger partial charge is 0.333 e. The van der Waals surface area contributed by atoms with Crippen LogP contribution in [0.5, 0.6) is 0 Å². The molecule has 0 unspecified atom stereocenters. The van der Waals surface area contributed by atoms with Crippen LogP contribution >= 0.6 is 8.60 Å². The zero-order valence-electron chi connectivity index (χ0n) is 10.6. The molecular weight excluding hydrogens is 235 g/mol. The Bertz CT molecular complexity index is 353. The van der Waals surface area contributed by atoms with Crippen LogP contribution in [0.2, 0.25) is 0 Å². The van der Waals surface area contributed by atoms with Crippen LogP contribution in [0.1, 0.15) is 32.4 Å². The fourth-order valence-electron chi connectivity index (χ4n) is 1.87. The molecule has 1 saturated heterocycles. The molecule has 4 heteroatoms. The van der Waals surface area contributed by atoms with Gasteiger partial charge in [-0.15, -0.1) is 0 Å². The van der Waals surface area contributed by atoms with E-state index < -0.39 is 8.60 Å². The zero-order chi connectivity index (χ0) is 12.3. The van der Waals surface area contributed by atoms with E-state index in [-0.39, 0.29) is 11.5 Å². The molecule has 2 atom stereocenters. The lowest BCUT2D eigenvalue weighted by molar-refractivity contribution is -0.0346. The summed E-state index contributed by atoms with van der Waals surface area (Å²) in [6, 6.07) is 10.3. The molecule has 0 amide bonds. The molecule has 17 heavy (non-hydrogen) atoms. The second-order valence-electron chi connectivity index (χ2n) is 4.80. The Balaban J connectivity index is 2.16. The van der Waals surface area contributed by atoms with Gasteiger partial charge in [0.25, 0.3) is 0 Å². The van der Waals surface area contributed by atoms with Crippen molar-refractivity contribution in [1.82, 2.24) is 0 Å². The second kappa shape index (κ2) is 5.45. The van der Waals surface area contributed by atoms with E-state index in [4.69, 9.17) is 13.6 Å². The molecule has 0 radical (unpaired) electrons. The maximum Gasteiger partial charge on any atom is 0.333 e. The van der Waals surface area contributed by atoms with Crippen LogP contribution in [-0.2, 0) is 13.6 Å². The third kappa shape index (κ3) is 3.05. The van der Waals surface area contributed by atoms with Crippen molar-refractivity contribution in [3.63, 3.8) is 0 Å². The molecule has 0 saturated carbocycles. The highest BCUT2D eigenvalue weighted by molar-refractivity contribution is 7.41. The molecule has 0 N–H and O–H groups in total. The maximum absolute atomic E-state index is 5.95. The van der Waals surface area contributed by atoms with Crippen molar-refractivity contribution in [2.75, 3.05) is 13.2 Å². The summed E-state index contributed by atoms with van der Waals surface area (Å²) in [5, 5.41) is 0. The lowest BCUT2D eigenvalue weighted by Gasteiger charge is -2.40. The van der Waals surface area contributed by atoms with Gasteiger partial charge < -0.3 is 13.6 Å². The standard InChI is InChI=1S/C13H19O3P/c1-4-14-17-15-10-13(2,3)12(16-17)11-8-6-5-7-9-11/h5-9,12H,4,10H2,1-3H3/t12-,17+/m0/s1. The Labute approximate surface area is 104 Å². The van der Waals surface area contributed by atoms with Crippen LogP contribution in [0.25, 0.3) is 0 Å². The number of hydrogen-bond acceptors (Lipinski definition) is 3. The smallest absolute Gasteiger partial charge is 0.313 e. The molecule has 1 aliphatic rings. The SMILES string of the molecule is CCO[P@]1OCC(C)(C)[C@H](c2ccccc2)O1. The molecule has 0 spiro atoms. The number of hydrogen-bond donors (Lipinski definition) is 0. The lowest BCUT2D eigenvalue weighted by atomic mass is 9.83. The van der Waals surface area contributed by atoms with Crippen LogP contribution in [0.4, 0.5) is 0 Å². The van der Waals surface area contributed by atoms with E-state index in [0.29, 0.717) is 13.2 Å². The van der Waals surface area contributed by atoms with Crippen molar-refractivity contribution in [3.8, 4) is 0 Å². The predicted molar refractivity (Wildman–Crippen MR) is 68.5 cm³/mol. The van der Waals surface area contributed by atoms with E-state index in [9.17, 15) is 0 Å². The van der Waals surface area contributed by atoms with Gasteiger partial charge in [-0.05, 0) is 12.5 Å². The molecule has 0 aliphatic carbocycles. The molecule has 1 aromatic carbocycles. The molecule has 94 valence electrons. The van der Waals surface area contributed by atoms with E-state index in [0.717, 1.165) is 0 Å². The first kappa shape index (κ1) is 13.0. The van der Waals surface area contributed by atoms with Gasteiger partial charge >= 0.3 is 8.60 Å². The van der Waals surface area contributed by atoms with Crippen LogP contribution in [-0.4, -0.2) is 13.2 Å². The molecular formula is C13H19O3P. The summed E-state index contributed by atoms with van der Waals surface area (Å²) in [6.45, 7) is 7.55. The third-order valence-electron chi connectivity index (χ3n) is 2.78. The Hall–Kier alpha value is -0.470. The molecule has 0 bridgehead atoms. The summed E-state index contributed by atoms with van der Waals surface area (Å²) in [7, 11) is -1.19. The molecule has 2 rings (SSSR count). The van der Waals surface area contributed by atoms with E-state index in [1.54, 1.807) is 0 Å². The van der Waals surface area contributed by atoms with Gasteiger partial charge in [-0.1, -0.05) is 44.2 Å². The first-order chi connectivity index (χ1) is 8.13. The second-order valence-corrected chi connectivity index (χ2v) is 5.97. The first-order valence-electron chi connectivity index (χ1n) is 5.91. The fraction of sp³-hybridized carbons (Fsp3) is 0.538. The fourth-order valence-corrected chi connectivity index (χ4v) is 3.29. The minimum Gasteiger partial charge on any atom is -0.313 e. The summed E-state index contributed by atoms with van der Waals surface area (Å²) in [6.07, 6.45) is 0.0371. The average Bonchev–Trinajstić information content (AvgIpc) is 2.33. The Morgan fingerprint density at radius 1 is 1.35 bits per heavy atom. The molecule has 1 aliphatic heterocycles. The predicted octanol–water partition coefficient (Wildman–Crippen LogP) is 4.06. The van der Waals surface area contributed by atoms with Gasteiger partial charge in [-0.25, -0.2) is 0 Å². The van der Waals surface area contributed by atoms with Gasteiger partial charge in [0, 0.05) is 5.41 Å². The summed E-state index contributed by atoms with van der Waals surface area (Å²) in [5.41, 5.74) is 1.16. The molecule has 0 aromatic heterocycles. The van der Waals surface area contributed by atoms with Gasteiger partial charge in [0.05, 0.1) is 19.3 Å². The van der Waals surface area contributed by atoms with Crippen molar-refractivity contribution in [1.29, 1.82) is 0 Å². The van der Waals surface area contributed by atoms with E-state index >= 15 is 0 Å². The minimum absolute atomic E-state index is 0.0305. The molecule has 1 heterocycles. The van der Waals surface area contributed by atoms with Crippen molar-refractivity contribution >= 4 is 8.60 Å². The highest BCUT2D eigenvalue weighted by atomic mass is 31.2. The van der Waals surface area contributed by atoms with E-state index in [1.165, 1.54) is 5.56 Å². The van der Waals surface area contributed by atoms with Crippen LogP contribution in [0, 0.1) is 5.41 Å². The number of rotatable bonds is 3. The van der Waals surface area contributed by atoms with Crippen molar-refractivity contribution < 1.29 is 13.6 Å². The summed E-state index contributed by atoms with van der Waals surface area (Å²) in [4.78, 5) is 0. The first-order valence-corrected chi connectivity index (χ1v) is 7.00. The van der Waals surface area contributed by atoms with Gasteiger partial charge in [0.2, 0.25) is 0 Å².